The minimum atomic E-state index is -0.445. The summed E-state index contributed by atoms with van der Waals surface area (Å²) in [7, 11) is 0. The van der Waals surface area contributed by atoms with Gasteiger partial charge in [-0.05, 0) is 38.1 Å². The van der Waals surface area contributed by atoms with Gasteiger partial charge in [0.15, 0.2) is 0 Å². The smallest absolute Gasteiger partial charge is 0.254 e. The molecule has 106 valence electrons. The van der Waals surface area contributed by atoms with Crippen LogP contribution in [-0.2, 0) is 0 Å². The average Bonchev–Trinajstić information content (AvgIpc) is 2.89. The SMILES string of the molecule is CC(C)(CN)NC(=O)c1cnn(-c2ccc(Cl)cc2)c1. The number of rotatable bonds is 4. The molecule has 0 bridgehead atoms. The number of hydrogen-bond acceptors (Lipinski definition) is 3. The monoisotopic (exact) mass is 292 g/mol. The van der Waals surface area contributed by atoms with Crippen molar-refractivity contribution in [2.24, 2.45) is 5.73 Å². The molecule has 3 N–H and O–H groups in total. The van der Waals surface area contributed by atoms with E-state index in [9.17, 15) is 4.79 Å². The van der Waals surface area contributed by atoms with E-state index in [-0.39, 0.29) is 5.91 Å². The number of carbonyl (C=O) groups is 1. The molecule has 6 heteroatoms. The Hall–Kier alpha value is -1.85. The van der Waals surface area contributed by atoms with E-state index in [1.165, 1.54) is 6.20 Å². The van der Waals surface area contributed by atoms with Crippen molar-refractivity contribution < 1.29 is 4.79 Å². The standard InChI is InChI=1S/C14H17ClN4O/c1-14(2,9-16)18-13(20)10-7-17-19(8-10)12-5-3-11(15)4-6-12/h3-8H,9,16H2,1-2H3,(H,18,20). The van der Waals surface area contributed by atoms with Crippen molar-refractivity contribution in [2.45, 2.75) is 19.4 Å². The van der Waals surface area contributed by atoms with Gasteiger partial charge < -0.3 is 11.1 Å². The number of carbonyl (C=O) groups excluding carboxylic acids is 1. The van der Waals surface area contributed by atoms with E-state index < -0.39 is 5.54 Å². The number of nitrogens with zero attached hydrogens (tertiary/aromatic N) is 2. The van der Waals surface area contributed by atoms with E-state index in [2.05, 4.69) is 10.4 Å². The molecule has 2 rings (SSSR count). The van der Waals surface area contributed by atoms with Crippen LogP contribution in [0, 0.1) is 0 Å². The Labute approximate surface area is 122 Å². The van der Waals surface area contributed by atoms with Crippen LogP contribution in [0.4, 0.5) is 0 Å². The van der Waals surface area contributed by atoms with Crippen LogP contribution in [0.25, 0.3) is 5.69 Å². The highest BCUT2D eigenvalue weighted by Gasteiger charge is 2.20. The second kappa shape index (κ2) is 5.64. The van der Waals surface area contributed by atoms with Gasteiger partial charge in [0.1, 0.15) is 0 Å². The molecule has 1 aromatic heterocycles. The fourth-order valence-corrected chi connectivity index (χ4v) is 1.73. The summed E-state index contributed by atoms with van der Waals surface area (Å²) in [5, 5.41) is 7.69. The maximum Gasteiger partial charge on any atom is 0.254 e. The molecule has 1 amide bonds. The number of nitrogens with two attached hydrogens (primary N) is 1. The van der Waals surface area contributed by atoms with Crippen LogP contribution in [0.5, 0.6) is 0 Å². The zero-order valence-electron chi connectivity index (χ0n) is 11.4. The molecule has 0 saturated carbocycles. The van der Waals surface area contributed by atoms with Crippen molar-refractivity contribution in [3.63, 3.8) is 0 Å². The molecule has 0 saturated heterocycles. The van der Waals surface area contributed by atoms with Gasteiger partial charge in [-0.2, -0.15) is 5.10 Å². The minimum Gasteiger partial charge on any atom is -0.346 e. The van der Waals surface area contributed by atoms with Gasteiger partial charge in [0.2, 0.25) is 0 Å². The first-order valence-corrected chi connectivity index (χ1v) is 6.62. The molecule has 0 aliphatic carbocycles. The van der Waals surface area contributed by atoms with Crippen LogP contribution in [-0.4, -0.2) is 27.8 Å². The van der Waals surface area contributed by atoms with Crippen molar-refractivity contribution in [2.75, 3.05) is 6.54 Å². The summed E-state index contributed by atoms with van der Waals surface area (Å²) >= 11 is 5.84. The third-order valence-corrected chi connectivity index (χ3v) is 3.15. The van der Waals surface area contributed by atoms with Crippen molar-refractivity contribution in [1.29, 1.82) is 0 Å². The minimum absolute atomic E-state index is 0.194. The van der Waals surface area contributed by atoms with Crippen LogP contribution in [0.2, 0.25) is 5.02 Å². The zero-order valence-corrected chi connectivity index (χ0v) is 12.2. The number of halogens is 1. The Kier molecular flexibility index (Phi) is 4.11. The highest BCUT2D eigenvalue weighted by atomic mass is 35.5. The van der Waals surface area contributed by atoms with Crippen molar-refractivity contribution in [3.8, 4) is 5.69 Å². The molecule has 20 heavy (non-hydrogen) atoms. The van der Waals surface area contributed by atoms with Gasteiger partial charge in [-0.1, -0.05) is 11.6 Å². The van der Waals surface area contributed by atoms with Gasteiger partial charge >= 0.3 is 0 Å². The largest absolute Gasteiger partial charge is 0.346 e. The summed E-state index contributed by atoms with van der Waals surface area (Å²) in [4.78, 5) is 12.1. The summed E-state index contributed by atoms with van der Waals surface area (Å²) in [6.45, 7) is 4.10. The molecule has 0 spiro atoms. The molecular weight excluding hydrogens is 276 g/mol. The number of hydrogen-bond donors (Lipinski definition) is 2. The maximum absolute atomic E-state index is 12.1. The molecule has 0 unspecified atom stereocenters. The summed E-state index contributed by atoms with van der Waals surface area (Å²) in [5.41, 5.74) is 6.48. The molecule has 0 aliphatic heterocycles. The van der Waals surface area contributed by atoms with Crippen molar-refractivity contribution in [3.05, 3.63) is 47.2 Å². The summed E-state index contributed by atoms with van der Waals surface area (Å²) in [6, 6.07) is 7.22. The van der Waals surface area contributed by atoms with E-state index in [0.29, 0.717) is 17.1 Å². The van der Waals surface area contributed by atoms with Crippen LogP contribution in [0.1, 0.15) is 24.2 Å². The van der Waals surface area contributed by atoms with Gasteiger partial charge in [0.25, 0.3) is 5.91 Å². The van der Waals surface area contributed by atoms with E-state index in [0.717, 1.165) is 5.69 Å². The normalized spacial score (nSPS) is 11.4. The summed E-state index contributed by atoms with van der Waals surface area (Å²) in [6.07, 6.45) is 3.20. The Balaban J connectivity index is 2.17. The molecule has 0 atom stereocenters. The van der Waals surface area contributed by atoms with E-state index in [1.54, 1.807) is 23.0 Å². The lowest BCUT2D eigenvalue weighted by molar-refractivity contribution is 0.0915. The van der Waals surface area contributed by atoms with Gasteiger partial charge in [-0.3, -0.25) is 4.79 Å². The first-order chi connectivity index (χ1) is 9.41. The van der Waals surface area contributed by atoms with Gasteiger partial charge in [0.05, 0.1) is 17.4 Å². The molecule has 0 fully saturated rings. The molecular formula is C14H17ClN4O. The predicted molar refractivity (Wildman–Crippen MR) is 79.2 cm³/mol. The van der Waals surface area contributed by atoms with Gasteiger partial charge in [0, 0.05) is 23.3 Å². The Morgan fingerprint density at radius 1 is 1.40 bits per heavy atom. The zero-order chi connectivity index (χ0) is 14.8. The van der Waals surface area contributed by atoms with Crippen molar-refractivity contribution in [1.82, 2.24) is 15.1 Å². The molecule has 0 aliphatic rings. The predicted octanol–water partition coefficient (Wildman–Crippen LogP) is 1.99. The molecule has 5 nitrogen and oxygen atoms in total. The molecule has 0 radical (unpaired) electrons. The highest BCUT2D eigenvalue weighted by molar-refractivity contribution is 6.30. The Bertz CT molecular complexity index is 604. The lowest BCUT2D eigenvalue weighted by Crippen LogP contribution is -2.48. The van der Waals surface area contributed by atoms with Crippen LogP contribution < -0.4 is 11.1 Å². The second-order valence-electron chi connectivity index (χ2n) is 5.19. The van der Waals surface area contributed by atoms with Crippen LogP contribution in [0.3, 0.4) is 0 Å². The molecule has 1 heterocycles. The number of amides is 1. The summed E-state index contributed by atoms with van der Waals surface area (Å²) in [5.74, 6) is -0.194. The van der Waals surface area contributed by atoms with Gasteiger partial charge in [-0.15, -0.1) is 0 Å². The van der Waals surface area contributed by atoms with E-state index in [4.69, 9.17) is 17.3 Å². The highest BCUT2D eigenvalue weighted by Crippen LogP contribution is 2.13. The first-order valence-electron chi connectivity index (χ1n) is 6.24. The maximum atomic E-state index is 12.1. The quantitative estimate of drug-likeness (QED) is 0.905. The number of nitrogens with one attached hydrogen (secondary N) is 1. The van der Waals surface area contributed by atoms with Gasteiger partial charge in [-0.25, -0.2) is 4.68 Å². The fraction of sp³-hybridized carbons (Fsp3) is 0.286. The average molecular weight is 293 g/mol. The lowest BCUT2D eigenvalue weighted by atomic mass is 10.1. The molecule has 2 aromatic rings. The van der Waals surface area contributed by atoms with Crippen molar-refractivity contribution >= 4 is 17.5 Å². The van der Waals surface area contributed by atoms with Crippen LogP contribution in [0.15, 0.2) is 36.7 Å². The Morgan fingerprint density at radius 3 is 2.65 bits per heavy atom. The summed E-state index contributed by atoms with van der Waals surface area (Å²) < 4.78 is 1.63. The third kappa shape index (κ3) is 3.37. The van der Waals surface area contributed by atoms with E-state index >= 15 is 0 Å². The molecule has 1 aromatic carbocycles. The second-order valence-corrected chi connectivity index (χ2v) is 5.63. The third-order valence-electron chi connectivity index (χ3n) is 2.90. The number of aromatic nitrogens is 2. The number of benzene rings is 1. The van der Waals surface area contributed by atoms with Crippen LogP contribution >= 0.6 is 11.6 Å². The topological polar surface area (TPSA) is 72.9 Å². The van der Waals surface area contributed by atoms with E-state index in [1.807, 2.05) is 26.0 Å². The fourth-order valence-electron chi connectivity index (χ4n) is 1.61. The Morgan fingerprint density at radius 2 is 2.05 bits per heavy atom. The first kappa shape index (κ1) is 14.6. The lowest BCUT2D eigenvalue weighted by Gasteiger charge is -2.23.